The van der Waals surface area contributed by atoms with Gasteiger partial charge in [0.05, 0.1) is 11.6 Å². The molecule has 0 aliphatic carbocycles. The minimum absolute atomic E-state index is 0.212. The van der Waals surface area contributed by atoms with Gasteiger partial charge in [-0.05, 0) is 40.2 Å². The van der Waals surface area contributed by atoms with E-state index in [-0.39, 0.29) is 5.92 Å². The van der Waals surface area contributed by atoms with Gasteiger partial charge in [-0.2, -0.15) is 5.10 Å². The number of aromatic nitrogens is 2. The number of piperidine rings is 1. The quantitative estimate of drug-likeness (QED) is 0.902. The normalized spacial score (nSPS) is 20.7. The zero-order valence-electron chi connectivity index (χ0n) is 12.0. The van der Waals surface area contributed by atoms with E-state index in [1.807, 2.05) is 11.6 Å². The standard InChI is InChI=1S/C14H23N3O2/c1-4-17-11(3)13(10(2)15-17)9-16-7-5-6-12(8-16)14(18)19/h12H,4-9H2,1-3H3,(H,18,19). The number of hydrogen-bond acceptors (Lipinski definition) is 3. The smallest absolute Gasteiger partial charge is 0.307 e. The maximum absolute atomic E-state index is 11.1. The number of nitrogens with zero attached hydrogens (tertiary/aromatic N) is 3. The molecule has 1 N–H and O–H groups in total. The fourth-order valence-corrected chi connectivity index (χ4v) is 2.90. The summed E-state index contributed by atoms with van der Waals surface area (Å²) < 4.78 is 2.02. The van der Waals surface area contributed by atoms with Crippen LogP contribution in [0.2, 0.25) is 0 Å². The molecule has 0 saturated carbocycles. The lowest BCUT2D eigenvalue weighted by atomic mass is 9.97. The van der Waals surface area contributed by atoms with Crippen molar-refractivity contribution in [2.24, 2.45) is 5.92 Å². The van der Waals surface area contributed by atoms with Crippen LogP contribution in [0.5, 0.6) is 0 Å². The van der Waals surface area contributed by atoms with Crippen molar-refractivity contribution >= 4 is 5.97 Å². The van der Waals surface area contributed by atoms with Gasteiger partial charge in [-0.15, -0.1) is 0 Å². The summed E-state index contributed by atoms with van der Waals surface area (Å²) in [5.41, 5.74) is 3.53. The third-order valence-electron chi connectivity index (χ3n) is 4.07. The van der Waals surface area contributed by atoms with E-state index in [9.17, 15) is 4.79 Å². The summed E-state index contributed by atoms with van der Waals surface area (Å²) >= 11 is 0. The first-order chi connectivity index (χ1) is 9.02. The zero-order chi connectivity index (χ0) is 14.0. The highest BCUT2D eigenvalue weighted by atomic mass is 16.4. The van der Waals surface area contributed by atoms with Crippen molar-refractivity contribution in [1.29, 1.82) is 0 Å². The summed E-state index contributed by atoms with van der Waals surface area (Å²) in [6.07, 6.45) is 1.77. The molecule has 1 atom stereocenters. The van der Waals surface area contributed by atoms with E-state index in [1.165, 1.54) is 11.3 Å². The van der Waals surface area contributed by atoms with Crippen molar-refractivity contribution in [2.45, 2.75) is 46.7 Å². The number of carboxylic acids is 1. The summed E-state index contributed by atoms with van der Waals surface area (Å²) in [4.78, 5) is 13.3. The first kappa shape index (κ1) is 14.1. The Bertz CT molecular complexity index is 468. The van der Waals surface area contributed by atoms with Crippen LogP contribution >= 0.6 is 0 Å². The monoisotopic (exact) mass is 265 g/mol. The largest absolute Gasteiger partial charge is 0.481 e. The Morgan fingerprint density at radius 2 is 2.21 bits per heavy atom. The van der Waals surface area contributed by atoms with E-state index in [0.717, 1.165) is 38.2 Å². The first-order valence-corrected chi connectivity index (χ1v) is 7.01. The van der Waals surface area contributed by atoms with Crippen LogP contribution in [0.4, 0.5) is 0 Å². The van der Waals surface area contributed by atoms with Crippen LogP contribution in [0.1, 0.15) is 36.7 Å². The Balaban J connectivity index is 2.08. The van der Waals surface area contributed by atoms with Gasteiger partial charge in [-0.3, -0.25) is 14.4 Å². The van der Waals surface area contributed by atoms with Gasteiger partial charge in [0.25, 0.3) is 0 Å². The SMILES string of the molecule is CCn1nc(C)c(CN2CCCC(C(=O)O)C2)c1C. The average Bonchev–Trinajstić information content (AvgIpc) is 2.66. The van der Waals surface area contributed by atoms with Gasteiger partial charge in [-0.25, -0.2) is 0 Å². The molecule has 2 heterocycles. The van der Waals surface area contributed by atoms with Crippen LogP contribution in [-0.4, -0.2) is 38.8 Å². The van der Waals surface area contributed by atoms with Gasteiger partial charge in [-0.1, -0.05) is 0 Å². The lowest BCUT2D eigenvalue weighted by molar-refractivity contribution is -0.143. The summed E-state index contributed by atoms with van der Waals surface area (Å²) in [7, 11) is 0. The molecule has 1 fully saturated rings. The zero-order valence-corrected chi connectivity index (χ0v) is 12.0. The number of aliphatic carboxylic acids is 1. The average molecular weight is 265 g/mol. The molecule has 0 aromatic carbocycles. The lowest BCUT2D eigenvalue weighted by Gasteiger charge is -2.30. The molecule has 5 nitrogen and oxygen atoms in total. The fraction of sp³-hybridized carbons (Fsp3) is 0.714. The van der Waals surface area contributed by atoms with Crippen molar-refractivity contribution in [3.63, 3.8) is 0 Å². The van der Waals surface area contributed by atoms with Crippen LogP contribution in [0.3, 0.4) is 0 Å². The van der Waals surface area contributed by atoms with E-state index in [1.54, 1.807) is 0 Å². The molecule has 1 unspecified atom stereocenters. The highest BCUT2D eigenvalue weighted by Crippen LogP contribution is 2.21. The Kier molecular flexibility index (Phi) is 4.24. The number of carbonyl (C=O) groups is 1. The van der Waals surface area contributed by atoms with Gasteiger partial charge in [0.15, 0.2) is 0 Å². The Hall–Kier alpha value is -1.36. The molecule has 1 aliphatic heterocycles. The molecular formula is C14H23N3O2. The summed E-state index contributed by atoms with van der Waals surface area (Å²) in [6.45, 7) is 9.56. The summed E-state index contributed by atoms with van der Waals surface area (Å²) in [6, 6.07) is 0. The first-order valence-electron chi connectivity index (χ1n) is 7.01. The highest BCUT2D eigenvalue weighted by Gasteiger charge is 2.26. The second-order valence-corrected chi connectivity index (χ2v) is 5.38. The van der Waals surface area contributed by atoms with Gasteiger partial charge in [0.1, 0.15) is 0 Å². The Labute approximate surface area is 114 Å². The predicted molar refractivity (Wildman–Crippen MR) is 73.0 cm³/mol. The van der Waals surface area contributed by atoms with Crippen molar-refractivity contribution in [3.05, 3.63) is 17.0 Å². The van der Waals surface area contributed by atoms with E-state index < -0.39 is 5.97 Å². The van der Waals surface area contributed by atoms with E-state index >= 15 is 0 Å². The molecule has 0 bridgehead atoms. The number of aryl methyl sites for hydroxylation is 2. The van der Waals surface area contributed by atoms with E-state index in [2.05, 4.69) is 23.8 Å². The number of carboxylic acid groups (broad SMARTS) is 1. The molecule has 1 aliphatic rings. The Morgan fingerprint density at radius 3 is 2.79 bits per heavy atom. The van der Waals surface area contributed by atoms with Crippen molar-refractivity contribution in [1.82, 2.24) is 14.7 Å². The minimum atomic E-state index is -0.664. The molecule has 0 amide bonds. The van der Waals surface area contributed by atoms with Crippen molar-refractivity contribution in [3.8, 4) is 0 Å². The van der Waals surface area contributed by atoms with Gasteiger partial charge >= 0.3 is 5.97 Å². The molecule has 5 heteroatoms. The van der Waals surface area contributed by atoms with Crippen LogP contribution in [0.25, 0.3) is 0 Å². The molecule has 0 radical (unpaired) electrons. The molecular weight excluding hydrogens is 242 g/mol. The van der Waals surface area contributed by atoms with Gasteiger partial charge in [0, 0.05) is 30.9 Å². The van der Waals surface area contributed by atoms with Crippen LogP contribution < -0.4 is 0 Å². The van der Waals surface area contributed by atoms with E-state index in [0.29, 0.717) is 6.54 Å². The van der Waals surface area contributed by atoms with Crippen molar-refractivity contribution in [2.75, 3.05) is 13.1 Å². The molecule has 2 rings (SSSR count). The Morgan fingerprint density at radius 1 is 1.47 bits per heavy atom. The van der Waals surface area contributed by atoms with Crippen LogP contribution in [-0.2, 0) is 17.9 Å². The number of hydrogen-bond donors (Lipinski definition) is 1. The number of likely N-dealkylation sites (tertiary alicyclic amines) is 1. The van der Waals surface area contributed by atoms with Gasteiger partial charge < -0.3 is 5.11 Å². The molecule has 1 aromatic rings. The third-order valence-corrected chi connectivity index (χ3v) is 4.07. The van der Waals surface area contributed by atoms with Crippen LogP contribution in [0.15, 0.2) is 0 Å². The minimum Gasteiger partial charge on any atom is -0.481 e. The molecule has 106 valence electrons. The topological polar surface area (TPSA) is 58.4 Å². The van der Waals surface area contributed by atoms with Crippen molar-refractivity contribution < 1.29 is 9.90 Å². The fourth-order valence-electron chi connectivity index (χ4n) is 2.90. The van der Waals surface area contributed by atoms with Crippen LogP contribution in [0, 0.1) is 19.8 Å². The second kappa shape index (κ2) is 5.74. The summed E-state index contributed by atoms with van der Waals surface area (Å²) in [5.74, 6) is -0.877. The second-order valence-electron chi connectivity index (χ2n) is 5.38. The lowest BCUT2D eigenvalue weighted by Crippen LogP contribution is -2.38. The van der Waals surface area contributed by atoms with E-state index in [4.69, 9.17) is 5.11 Å². The van der Waals surface area contributed by atoms with Gasteiger partial charge in [0.2, 0.25) is 0 Å². The third kappa shape index (κ3) is 2.97. The number of rotatable bonds is 4. The maximum Gasteiger partial charge on any atom is 0.307 e. The molecule has 0 spiro atoms. The maximum atomic E-state index is 11.1. The highest BCUT2D eigenvalue weighted by molar-refractivity contribution is 5.70. The predicted octanol–water partition coefficient (Wildman–Crippen LogP) is 1.82. The molecule has 19 heavy (non-hydrogen) atoms. The summed E-state index contributed by atoms with van der Waals surface area (Å²) in [5, 5.41) is 13.7. The molecule has 1 aromatic heterocycles. The molecule has 1 saturated heterocycles.